The average molecular weight is 528 g/mol. The summed E-state index contributed by atoms with van der Waals surface area (Å²) < 4.78 is 0. The minimum absolute atomic E-state index is 0. The summed E-state index contributed by atoms with van der Waals surface area (Å²) in [5.41, 5.74) is 3.17. The number of rotatable bonds is 9. The summed E-state index contributed by atoms with van der Waals surface area (Å²) >= 11 is 17.4. The number of hydrogen-bond acceptors (Lipinski definition) is 0. The van der Waals surface area contributed by atoms with Crippen LogP contribution in [0.25, 0.3) is 21.5 Å². The topological polar surface area (TPSA) is 0 Å². The highest BCUT2D eigenvalue weighted by molar-refractivity contribution is 7.64. The summed E-state index contributed by atoms with van der Waals surface area (Å²) in [5.74, 6) is 0. The third-order valence-corrected chi connectivity index (χ3v) is 9.19. The number of hydrogen-bond donors (Lipinski definition) is 0. The van der Waals surface area contributed by atoms with E-state index < -0.39 is 6.00 Å². The first-order chi connectivity index (χ1) is 15.5. The standard InChI is InChI=1S/C18H16.C10H21Cl3Si.FH/c1-3-7-15-13(5-1)9-11-18-16-8-4-2-6-14(16)10-12-17(15)18;1-2-3-4-5-6-7-8-9-10-14(11,12)13;/h1,3,5,7,9-12H,2,4,6,8H2;2-10H2,1H3;1H. The van der Waals surface area contributed by atoms with Crippen LogP contribution in [0.2, 0.25) is 6.04 Å². The molecule has 0 fully saturated rings. The second-order valence-corrected chi connectivity index (χ2v) is 18.4. The molecule has 0 aliphatic heterocycles. The fourth-order valence-corrected chi connectivity index (χ4v) is 6.66. The van der Waals surface area contributed by atoms with E-state index in [9.17, 15) is 0 Å². The van der Waals surface area contributed by atoms with E-state index in [0.717, 1.165) is 12.5 Å². The molecule has 33 heavy (non-hydrogen) atoms. The summed E-state index contributed by atoms with van der Waals surface area (Å²) in [7, 11) is 0. The summed E-state index contributed by atoms with van der Waals surface area (Å²) in [6, 6.07) is 16.5. The summed E-state index contributed by atoms with van der Waals surface area (Å²) in [6.07, 6.45) is 15.6. The average Bonchev–Trinajstić information content (AvgIpc) is 2.80. The molecule has 0 N–H and O–H groups in total. The van der Waals surface area contributed by atoms with Crippen molar-refractivity contribution in [3.63, 3.8) is 0 Å². The van der Waals surface area contributed by atoms with E-state index in [4.69, 9.17) is 33.2 Å². The van der Waals surface area contributed by atoms with Crippen LogP contribution in [0.5, 0.6) is 0 Å². The summed E-state index contributed by atoms with van der Waals surface area (Å²) in [4.78, 5) is 0. The fraction of sp³-hybridized carbons (Fsp3) is 0.500. The lowest BCUT2D eigenvalue weighted by molar-refractivity contribution is 0.585. The molecule has 0 heterocycles. The lowest BCUT2D eigenvalue weighted by atomic mass is 9.86. The molecular formula is C28H38Cl3FSi. The molecule has 0 saturated heterocycles. The SMILES string of the molecule is CCCCCCCCCC[Si](Cl)(Cl)Cl.F.c1ccc2c(c1)ccc1c3c(ccc12)CCCC3. The van der Waals surface area contributed by atoms with Gasteiger partial charge in [0.2, 0.25) is 0 Å². The van der Waals surface area contributed by atoms with Gasteiger partial charge in [-0.3, -0.25) is 4.70 Å². The Morgan fingerprint density at radius 1 is 0.667 bits per heavy atom. The maximum atomic E-state index is 5.78. The molecule has 5 heteroatoms. The highest BCUT2D eigenvalue weighted by Crippen LogP contribution is 2.33. The molecule has 0 nitrogen and oxygen atoms in total. The van der Waals surface area contributed by atoms with E-state index in [-0.39, 0.29) is 4.70 Å². The lowest BCUT2D eigenvalue weighted by Crippen LogP contribution is -2.07. The summed E-state index contributed by atoms with van der Waals surface area (Å²) in [6.45, 7) is 2.24. The monoisotopic (exact) mass is 526 g/mol. The van der Waals surface area contributed by atoms with Gasteiger partial charge in [0.1, 0.15) is 0 Å². The second kappa shape index (κ2) is 14.6. The molecule has 0 bridgehead atoms. The van der Waals surface area contributed by atoms with E-state index in [1.54, 1.807) is 11.1 Å². The largest absolute Gasteiger partial charge is 0.341 e. The van der Waals surface area contributed by atoms with Crippen molar-refractivity contribution in [3.8, 4) is 0 Å². The lowest BCUT2D eigenvalue weighted by Gasteiger charge is -2.18. The van der Waals surface area contributed by atoms with Crippen molar-refractivity contribution in [2.75, 3.05) is 0 Å². The molecule has 1 aliphatic carbocycles. The van der Waals surface area contributed by atoms with Gasteiger partial charge in [-0.1, -0.05) is 107 Å². The van der Waals surface area contributed by atoms with Gasteiger partial charge in [-0.05, 0) is 64.4 Å². The first-order valence-electron chi connectivity index (χ1n) is 12.5. The number of unbranched alkanes of at least 4 members (excludes halogenated alkanes) is 7. The Morgan fingerprint density at radius 3 is 2.03 bits per heavy atom. The molecule has 1 aliphatic rings. The molecule has 0 saturated carbocycles. The Bertz CT molecular complexity index is 984. The third kappa shape index (κ3) is 9.05. The molecule has 3 aromatic rings. The van der Waals surface area contributed by atoms with Gasteiger partial charge in [0.25, 0.3) is 0 Å². The Morgan fingerprint density at radius 2 is 1.30 bits per heavy atom. The molecule has 0 radical (unpaired) electrons. The maximum absolute atomic E-state index is 5.78. The number of benzene rings is 3. The van der Waals surface area contributed by atoms with Crippen LogP contribution >= 0.6 is 33.2 Å². The molecule has 0 atom stereocenters. The molecule has 0 spiro atoms. The molecule has 182 valence electrons. The van der Waals surface area contributed by atoms with Gasteiger partial charge in [-0.15, -0.1) is 33.2 Å². The van der Waals surface area contributed by atoms with Gasteiger partial charge in [0.05, 0.1) is 0 Å². The molecular weight excluding hydrogens is 490 g/mol. The van der Waals surface area contributed by atoms with E-state index >= 15 is 0 Å². The van der Waals surface area contributed by atoms with E-state index in [0.29, 0.717) is 0 Å². The van der Waals surface area contributed by atoms with Crippen molar-refractivity contribution < 1.29 is 4.70 Å². The van der Waals surface area contributed by atoms with E-state index in [2.05, 4.69) is 55.5 Å². The van der Waals surface area contributed by atoms with Crippen LogP contribution in [-0.4, -0.2) is 6.00 Å². The Kier molecular flexibility index (Phi) is 12.5. The van der Waals surface area contributed by atoms with Crippen molar-refractivity contribution >= 4 is 60.8 Å². The minimum Gasteiger partial charge on any atom is -0.269 e. The van der Waals surface area contributed by atoms with Gasteiger partial charge in [0.15, 0.2) is 0 Å². The molecule has 0 aromatic heterocycles. The number of fused-ring (bicyclic) bond motifs is 5. The Labute approximate surface area is 214 Å². The minimum atomic E-state index is -2.32. The highest BCUT2D eigenvalue weighted by atomic mass is 35.8. The van der Waals surface area contributed by atoms with Crippen LogP contribution in [0.1, 0.15) is 82.3 Å². The number of aryl methyl sites for hydroxylation is 2. The normalized spacial score (nSPS) is 13.2. The maximum Gasteiger partial charge on any atom is 0.341 e. The zero-order valence-electron chi connectivity index (χ0n) is 19.9. The second-order valence-electron chi connectivity index (χ2n) is 9.13. The molecule has 3 aromatic carbocycles. The van der Waals surface area contributed by atoms with Crippen molar-refractivity contribution in [1.82, 2.24) is 0 Å². The third-order valence-electron chi connectivity index (χ3n) is 6.57. The van der Waals surface area contributed by atoms with Gasteiger partial charge < -0.3 is 0 Å². The fourth-order valence-electron chi connectivity index (χ4n) is 4.80. The van der Waals surface area contributed by atoms with Crippen LogP contribution in [-0.2, 0) is 12.8 Å². The Balaban J connectivity index is 0.000000236. The van der Waals surface area contributed by atoms with Gasteiger partial charge in [-0.25, -0.2) is 0 Å². The van der Waals surface area contributed by atoms with E-state index in [1.165, 1.54) is 92.2 Å². The van der Waals surface area contributed by atoms with Crippen molar-refractivity contribution in [2.24, 2.45) is 0 Å². The zero-order valence-corrected chi connectivity index (χ0v) is 23.1. The smallest absolute Gasteiger partial charge is 0.269 e. The predicted molar refractivity (Wildman–Crippen MR) is 151 cm³/mol. The van der Waals surface area contributed by atoms with Crippen LogP contribution in [0.4, 0.5) is 4.70 Å². The van der Waals surface area contributed by atoms with Crippen molar-refractivity contribution in [1.29, 1.82) is 0 Å². The zero-order chi connectivity index (χ0) is 22.8. The molecule has 0 amide bonds. The molecule has 0 unspecified atom stereocenters. The van der Waals surface area contributed by atoms with Gasteiger partial charge in [-0.2, -0.15) is 0 Å². The quantitative estimate of drug-likeness (QED) is 0.112. The highest BCUT2D eigenvalue weighted by Gasteiger charge is 2.23. The van der Waals surface area contributed by atoms with Crippen LogP contribution < -0.4 is 0 Å². The van der Waals surface area contributed by atoms with Crippen LogP contribution in [0.3, 0.4) is 0 Å². The molecule has 4 rings (SSSR count). The predicted octanol–water partition coefficient (Wildman–Crippen LogP) is 10.8. The van der Waals surface area contributed by atoms with Crippen molar-refractivity contribution in [3.05, 3.63) is 59.7 Å². The Hall–Kier alpha value is -0.803. The van der Waals surface area contributed by atoms with Crippen LogP contribution in [0.15, 0.2) is 48.5 Å². The van der Waals surface area contributed by atoms with Gasteiger partial charge >= 0.3 is 6.00 Å². The number of halogens is 4. The van der Waals surface area contributed by atoms with E-state index in [1.807, 2.05) is 0 Å². The summed E-state index contributed by atoms with van der Waals surface area (Å²) in [5, 5.41) is 5.64. The van der Waals surface area contributed by atoms with Gasteiger partial charge in [0, 0.05) is 0 Å². The first-order valence-corrected chi connectivity index (χ1v) is 17.7. The van der Waals surface area contributed by atoms with Crippen molar-refractivity contribution in [2.45, 2.75) is 90.0 Å². The van der Waals surface area contributed by atoms with Crippen LogP contribution in [0, 0.1) is 0 Å². The first kappa shape index (κ1) is 28.4.